The molecule has 0 aromatic heterocycles. The molecule has 0 spiro atoms. The van der Waals surface area contributed by atoms with Crippen LogP contribution in [0.25, 0.3) is 0 Å². The molecule has 1 aliphatic rings. The van der Waals surface area contributed by atoms with E-state index in [9.17, 15) is 0 Å². The molecular weight excluding hydrogens is 216 g/mol. The third-order valence-corrected chi connectivity index (χ3v) is 3.67. The molecule has 3 heteroatoms. The monoisotopic (exact) mass is 236 g/mol. The Labute approximate surface area is 102 Å². The highest BCUT2D eigenvalue weighted by Gasteiger charge is 2.16. The van der Waals surface area contributed by atoms with E-state index >= 15 is 0 Å². The largest absolute Gasteiger partial charge is 0.313 e. The molecule has 0 saturated heterocycles. The van der Waals surface area contributed by atoms with Crippen LogP contribution in [0.4, 0.5) is 0 Å². The van der Waals surface area contributed by atoms with E-state index in [2.05, 4.69) is 41.2 Å². The number of hydrogen-bond acceptors (Lipinski definition) is 3. The van der Waals surface area contributed by atoms with Crippen LogP contribution >= 0.6 is 11.8 Å². The van der Waals surface area contributed by atoms with Crippen LogP contribution in [0, 0.1) is 0 Å². The fourth-order valence-electron chi connectivity index (χ4n) is 2.21. The van der Waals surface area contributed by atoms with Gasteiger partial charge in [0, 0.05) is 24.9 Å². The Bertz CT molecular complexity index is 327. The van der Waals surface area contributed by atoms with Gasteiger partial charge in [0.25, 0.3) is 0 Å². The lowest BCUT2D eigenvalue weighted by molar-refractivity contribution is 0.512. The number of fused-ring (bicyclic) bond motifs is 1. The smallest absolute Gasteiger partial charge is 0.0335 e. The first-order valence-corrected chi connectivity index (χ1v) is 7.32. The quantitative estimate of drug-likeness (QED) is 0.784. The van der Waals surface area contributed by atoms with Gasteiger partial charge >= 0.3 is 0 Å². The molecule has 1 aromatic rings. The molecule has 1 unspecified atom stereocenters. The fraction of sp³-hybridized carbons (Fsp3) is 0.538. The average Bonchev–Trinajstić information content (AvgIpc) is 2.52. The Morgan fingerprint density at radius 2 is 2.31 bits per heavy atom. The van der Waals surface area contributed by atoms with E-state index in [1.54, 1.807) is 0 Å². The van der Waals surface area contributed by atoms with Crippen LogP contribution in [0.3, 0.4) is 0 Å². The molecule has 0 saturated carbocycles. The maximum Gasteiger partial charge on any atom is 0.0335 e. The molecule has 0 bridgehead atoms. The molecular formula is C13H20N2S. The molecule has 1 heterocycles. The van der Waals surface area contributed by atoms with Crippen molar-refractivity contribution >= 4 is 11.8 Å². The van der Waals surface area contributed by atoms with Crippen molar-refractivity contribution in [2.24, 2.45) is 0 Å². The Morgan fingerprint density at radius 1 is 1.44 bits per heavy atom. The van der Waals surface area contributed by atoms with Gasteiger partial charge in [-0.25, -0.2) is 0 Å². The summed E-state index contributed by atoms with van der Waals surface area (Å²) in [7, 11) is 0. The van der Waals surface area contributed by atoms with Gasteiger partial charge in [-0.15, -0.1) is 0 Å². The lowest BCUT2D eigenvalue weighted by Gasteiger charge is -2.18. The first-order chi connectivity index (χ1) is 7.92. The van der Waals surface area contributed by atoms with Crippen molar-refractivity contribution in [3.05, 3.63) is 35.4 Å². The van der Waals surface area contributed by atoms with Crippen LogP contribution in [0.2, 0.25) is 0 Å². The number of nitrogens with one attached hydrogen (secondary N) is 2. The van der Waals surface area contributed by atoms with Gasteiger partial charge in [-0.05, 0) is 30.3 Å². The van der Waals surface area contributed by atoms with Crippen molar-refractivity contribution in [2.75, 3.05) is 25.1 Å². The number of thioether (sulfide) groups is 1. The molecule has 2 nitrogen and oxygen atoms in total. The lowest BCUT2D eigenvalue weighted by Crippen LogP contribution is -2.25. The zero-order chi connectivity index (χ0) is 11.2. The van der Waals surface area contributed by atoms with Crippen molar-refractivity contribution in [1.29, 1.82) is 0 Å². The highest BCUT2D eigenvalue weighted by Crippen LogP contribution is 2.23. The zero-order valence-corrected chi connectivity index (χ0v) is 10.6. The first kappa shape index (κ1) is 12.0. The maximum absolute atomic E-state index is 3.66. The van der Waals surface area contributed by atoms with Crippen LogP contribution in [0.1, 0.15) is 23.6 Å². The first-order valence-electron chi connectivity index (χ1n) is 5.92. The molecule has 2 N–H and O–H groups in total. The minimum absolute atomic E-state index is 0.526. The summed E-state index contributed by atoms with van der Waals surface area (Å²) >= 11 is 1.90. The van der Waals surface area contributed by atoms with Gasteiger partial charge in [-0.1, -0.05) is 24.3 Å². The van der Waals surface area contributed by atoms with Gasteiger partial charge in [-0.3, -0.25) is 0 Å². The predicted molar refractivity (Wildman–Crippen MR) is 71.9 cm³/mol. The third kappa shape index (κ3) is 3.00. The van der Waals surface area contributed by atoms with E-state index < -0.39 is 0 Å². The summed E-state index contributed by atoms with van der Waals surface area (Å²) in [6.45, 7) is 3.21. The normalized spacial score (nSPS) is 20.2. The third-order valence-electron chi connectivity index (χ3n) is 3.05. The predicted octanol–water partition coefficient (Wildman–Crippen LogP) is 2.17. The van der Waals surface area contributed by atoms with Gasteiger partial charge in [0.05, 0.1) is 0 Å². The number of hydrogen-bond donors (Lipinski definition) is 2. The molecule has 88 valence electrons. The average molecular weight is 236 g/mol. The van der Waals surface area contributed by atoms with Crippen LogP contribution in [0.5, 0.6) is 0 Å². The molecule has 16 heavy (non-hydrogen) atoms. The summed E-state index contributed by atoms with van der Waals surface area (Å²) in [5, 5.41) is 7.14. The summed E-state index contributed by atoms with van der Waals surface area (Å²) in [4.78, 5) is 0. The second kappa shape index (κ2) is 6.28. The van der Waals surface area contributed by atoms with E-state index in [0.29, 0.717) is 6.04 Å². The SMILES string of the molecule is CSCCNC1CCNCc2ccccc21. The molecule has 1 aliphatic heterocycles. The highest BCUT2D eigenvalue weighted by atomic mass is 32.2. The van der Waals surface area contributed by atoms with Crippen LogP contribution in [0.15, 0.2) is 24.3 Å². The summed E-state index contributed by atoms with van der Waals surface area (Å²) in [5.41, 5.74) is 2.93. The summed E-state index contributed by atoms with van der Waals surface area (Å²) in [6, 6.07) is 9.30. The Hall–Kier alpha value is -0.510. The fourth-order valence-corrected chi connectivity index (χ4v) is 2.53. The molecule has 0 aliphatic carbocycles. The zero-order valence-electron chi connectivity index (χ0n) is 9.83. The summed E-state index contributed by atoms with van der Waals surface area (Å²) < 4.78 is 0. The van der Waals surface area contributed by atoms with E-state index in [0.717, 1.165) is 19.6 Å². The topological polar surface area (TPSA) is 24.1 Å². The Kier molecular flexibility index (Phi) is 4.69. The van der Waals surface area contributed by atoms with Crippen molar-refractivity contribution in [3.63, 3.8) is 0 Å². The molecule has 0 fully saturated rings. The molecule has 0 amide bonds. The van der Waals surface area contributed by atoms with E-state index in [1.165, 1.54) is 23.3 Å². The van der Waals surface area contributed by atoms with Crippen molar-refractivity contribution < 1.29 is 0 Å². The molecule has 1 atom stereocenters. The van der Waals surface area contributed by atoms with Gasteiger partial charge in [0.15, 0.2) is 0 Å². The van der Waals surface area contributed by atoms with E-state index in [4.69, 9.17) is 0 Å². The minimum Gasteiger partial charge on any atom is -0.313 e. The highest BCUT2D eigenvalue weighted by molar-refractivity contribution is 7.98. The number of benzene rings is 1. The van der Waals surface area contributed by atoms with Crippen molar-refractivity contribution in [1.82, 2.24) is 10.6 Å². The van der Waals surface area contributed by atoms with Gasteiger partial charge in [-0.2, -0.15) is 11.8 Å². The van der Waals surface area contributed by atoms with Gasteiger partial charge in [0.1, 0.15) is 0 Å². The molecule has 2 rings (SSSR count). The Morgan fingerprint density at radius 3 is 3.19 bits per heavy atom. The molecule has 1 aromatic carbocycles. The second-order valence-electron chi connectivity index (χ2n) is 4.16. The van der Waals surface area contributed by atoms with Crippen LogP contribution in [-0.2, 0) is 6.54 Å². The summed E-state index contributed by atoms with van der Waals surface area (Å²) in [5.74, 6) is 1.19. The van der Waals surface area contributed by atoms with Crippen LogP contribution < -0.4 is 10.6 Å². The van der Waals surface area contributed by atoms with E-state index in [1.807, 2.05) is 11.8 Å². The van der Waals surface area contributed by atoms with E-state index in [-0.39, 0.29) is 0 Å². The van der Waals surface area contributed by atoms with Crippen molar-refractivity contribution in [3.8, 4) is 0 Å². The second-order valence-corrected chi connectivity index (χ2v) is 5.15. The maximum atomic E-state index is 3.66. The van der Waals surface area contributed by atoms with Crippen LogP contribution in [-0.4, -0.2) is 25.1 Å². The standard InChI is InChI=1S/C13H20N2S/c1-16-9-8-15-13-6-7-14-10-11-4-2-3-5-12(11)13/h2-5,13-15H,6-10H2,1H3. The van der Waals surface area contributed by atoms with Gasteiger partial charge in [0.2, 0.25) is 0 Å². The minimum atomic E-state index is 0.526. The lowest BCUT2D eigenvalue weighted by atomic mass is 9.99. The van der Waals surface area contributed by atoms with Gasteiger partial charge < -0.3 is 10.6 Å². The van der Waals surface area contributed by atoms with Crippen molar-refractivity contribution in [2.45, 2.75) is 19.0 Å². The Balaban J connectivity index is 2.06. The summed E-state index contributed by atoms with van der Waals surface area (Å²) in [6.07, 6.45) is 3.34. The molecule has 0 radical (unpaired) electrons. The number of rotatable bonds is 4.